The highest BCUT2D eigenvalue weighted by atomic mass is 16.5. The number of anilines is 2. The second-order valence-corrected chi connectivity index (χ2v) is 4.86. The summed E-state index contributed by atoms with van der Waals surface area (Å²) in [6.07, 6.45) is 2.11. The van der Waals surface area contributed by atoms with Gasteiger partial charge in [-0.2, -0.15) is 4.98 Å². The lowest BCUT2D eigenvalue weighted by Crippen LogP contribution is -2.05. The predicted octanol–water partition coefficient (Wildman–Crippen LogP) is 1.65. The molecule has 126 valence electrons. The summed E-state index contributed by atoms with van der Waals surface area (Å²) in [5.74, 6) is 7.74. The van der Waals surface area contributed by atoms with Crippen LogP contribution in [-0.2, 0) is 6.42 Å². The molecular weight excluding hydrogens is 308 g/mol. The molecule has 0 aliphatic carbocycles. The SMILES string of the molecule is CC#CCOc1cc(Cc2cnc(N)nc2N)cc(OC)c1OC. The molecule has 0 spiro atoms. The van der Waals surface area contributed by atoms with Crippen LogP contribution in [0, 0.1) is 11.8 Å². The van der Waals surface area contributed by atoms with E-state index in [1.807, 2.05) is 12.1 Å². The Hall–Kier alpha value is -3.14. The number of rotatable bonds is 6. The Balaban J connectivity index is 2.37. The van der Waals surface area contributed by atoms with E-state index in [0.717, 1.165) is 11.1 Å². The molecule has 7 nitrogen and oxygen atoms in total. The number of nitrogen functional groups attached to an aromatic ring is 2. The van der Waals surface area contributed by atoms with Gasteiger partial charge in [-0.1, -0.05) is 5.92 Å². The molecule has 4 N–H and O–H groups in total. The van der Waals surface area contributed by atoms with Gasteiger partial charge in [0, 0.05) is 18.2 Å². The van der Waals surface area contributed by atoms with E-state index in [9.17, 15) is 0 Å². The van der Waals surface area contributed by atoms with Crippen LogP contribution in [0.2, 0.25) is 0 Å². The van der Waals surface area contributed by atoms with Gasteiger partial charge in [0.05, 0.1) is 14.2 Å². The van der Waals surface area contributed by atoms with Gasteiger partial charge in [-0.15, -0.1) is 5.92 Å². The van der Waals surface area contributed by atoms with Crippen molar-refractivity contribution in [3.63, 3.8) is 0 Å². The van der Waals surface area contributed by atoms with Gasteiger partial charge < -0.3 is 25.7 Å². The van der Waals surface area contributed by atoms with Crippen LogP contribution < -0.4 is 25.7 Å². The molecule has 0 atom stereocenters. The summed E-state index contributed by atoms with van der Waals surface area (Å²) < 4.78 is 16.4. The minimum atomic E-state index is 0.144. The first-order valence-electron chi connectivity index (χ1n) is 7.23. The summed E-state index contributed by atoms with van der Waals surface area (Å²) in [6.45, 7) is 2.01. The van der Waals surface area contributed by atoms with Gasteiger partial charge in [-0.25, -0.2) is 4.98 Å². The lowest BCUT2D eigenvalue weighted by Gasteiger charge is -2.15. The monoisotopic (exact) mass is 328 g/mol. The number of hydrogen-bond donors (Lipinski definition) is 2. The fourth-order valence-corrected chi connectivity index (χ4v) is 2.17. The molecule has 0 bridgehead atoms. The molecule has 0 unspecified atom stereocenters. The molecule has 0 aliphatic heterocycles. The number of methoxy groups -OCH3 is 2. The van der Waals surface area contributed by atoms with E-state index >= 15 is 0 Å². The molecule has 1 aromatic carbocycles. The smallest absolute Gasteiger partial charge is 0.221 e. The Labute approximate surface area is 141 Å². The van der Waals surface area contributed by atoms with Crippen LogP contribution in [0.3, 0.4) is 0 Å². The standard InChI is InChI=1S/C17H20N4O3/c1-4-5-6-24-14-9-11(8-13(22-2)15(14)23-3)7-12-10-20-17(19)21-16(12)18/h8-10H,6-7H2,1-3H3,(H4,18,19,20,21). The first kappa shape index (κ1) is 17.2. The van der Waals surface area contributed by atoms with Crippen molar-refractivity contribution in [2.45, 2.75) is 13.3 Å². The summed E-state index contributed by atoms with van der Waals surface area (Å²) in [6, 6.07) is 3.71. The van der Waals surface area contributed by atoms with Crippen molar-refractivity contribution in [2.75, 3.05) is 32.3 Å². The Morgan fingerprint density at radius 2 is 1.88 bits per heavy atom. The quantitative estimate of drug-likeness (QED) is 0.777. The Kier molecular flexibility index (Phi) is 5.68. The van der Waals surface area contributed by atoms with Crippen LogP contribution in [0.1, 0.15) is 18.1 Å². The minimum absolute atomic E-state index is 0.144. The predicted molar refractivity (Wildman–Crippen MR) is 92.2 cm³/mol. The average Bonchev–Trinajstić information content (AvgIpc) is 2.57. The highest BCUT2D eigenvalue weighted by molar-refractivity contribution is 5.55. The maximum Gasteiger partial charge on any atom is 0.221 e. The van der Waals surface area contributed by atoms with Crippen LogP contribution in [0.25, 0.3) is 0 Å². The van der Waals surface area contributed by atoms with Gasteiger partial charge in [-0.3, -0.25) is 0 Å². The third kappa shape index (κ3) is 3.98. The maximum atomic E-state index is 5.90. The van der Waals surface area contributed by atoms with Crippen molar-refractivity contribution >= 4 is 11.8 Å². The average molecular weight is 328 g/mol. The number of nitrogens with zero attached hydrogens (tertiary/aromatic N) is 2. The summed E-state index contributed by atoms with van der Waals surface area (Å²) in [4.78, 5) is 7.94. The van der Waals surface area contributed by atoms with E-state index in [1.165, 1.54) is 0 Å². The summed E-state index contributed by atoms with van der Waals surface area (Å²) >= 11 is 0. The number of nitrogens with two attached hydrogens (primary N) is 2. The number of benzene rings is 1. The molecule has 2 rings (SSSR count). The largest absolute Gasteiger partial charge is 0.493 e. The molecule has 1 aromatic heterocycles. The molecule has 0 fully saturated rings. The zero-order chi connectivity index (χ0) is 17.5. The Morgan fingerprint density at radius 1 is 1.12 bits per heavy atom. The first-order valence-corrected chi connectivity index (χ1v) is 7.23. The van der Waals surface area contributed by atoms with Gasteiger partial charge in [0.15, 0.2) is 11.5 Å². The zero-order valence-electron chi connectivity index (χ0n) is 13.9. The number of aromatic nitrogens is 2. The van der Waals surface area contributed by atoms with Crippen molar-refractivity contribution in [2.24, 2.45) is 0 Å². The van der Waals surface area contributed by atoms with E-state index in [2.05, 4.69) is 21.8 Å². The van der Waals surface area contributed by atoms with E-state index in [-0.39, 0.29) is 12.6 Å². The molecule has 0 radical (unpaired) electrons. The van der Waals surface area contributed by atoms with Crippen LogP contribution in [0.5, 0.6) is 17.2 Å². The van der Waals surface area contributed by atoms with Gasteiger partial charge in [-0.05, 0) is 24.6 Å². The lowest BCUT2D eigenvalue weighted by molar-refractivity contribution is 0.310. The van der Waals surface area contributed by atoms with Gasteiger partial charge in [0.2, 0.25) is 11.7 Å². The van der Waals surface area contributed by atoms with Crippen LogP contribution in [-0.4, -0.2) is 30.8 Å². The van der Waals surface area contributed by atoms with E-state index in [1.54, 1.807) is 27.3 Å². The van der Waals surface area contributed by atoms with Crippen LogP contribution in [0.4, 0.5) is 11.8 Å². The fourth-order valence-electron chi connectivity index (χ4n) is 2.17. The molecule has 0 saturated heterocycles. The fraction of sp³-hybridized carbons (Fsp3) is 0.294. The van der Waals surface area contributed by atoms with Crippen molar-refractivity contribution in [1.29, 1.82) is 0 Å². The number of ether oxygens (including phenoxy) is 3. The van der Waals surface area contributed by atoms with Crippen LogP contribution >= 0.6 is 0 Å². The molecule has 0 aliphatic rings. The summed E-state index contributed by atoms with van der Waals surface area (Å²) in [7, 11) is 3.12. The van der Waals surface area contributed by atoms with Crippen molar-refractivity contribution < 1.29 is 14.2 Å². The van der Waals surface area contributed by atoms with Gasteiger partial charge >= 0.3 is 0 Å². The Bertz CT molecular complexity index is 781. The molecule has 2 aromatic rings. The van der Waals surface area contributed by atoms with E-state index < -0.39 is 0 Å². The molecule has 0 saturated carbocycles. The van der Waals surface area contributed by atoms with E-state index in [0.29, 0.717) is 29.5 Å². The van der Waals surface area contributed by atoms with Crippen LogP contribution in [0.15, 0.2) is 18.3 Å². The van der Waals surface area contributed by atoms with Crippen molar-refractivity contribution in [1.82, 2.24) is 9.97 Å². The minimum Gasteiger partial charge on any atom is -0.493 e. The van der Waals surface area contributed by atoms with Gasteiger partial charge in [0.1, 0.15) is 12.4 Å². The topological polar surface area (TPSA) is 106 Å². The first-order chi connectivity index (χ1) is 11.6. The molecule has 24 heavy (non-hydrogen) atoms. The third-order valence-corrected chi connectivity index (χ3v) is 3.29. The lowest BCUT2D eigenvalue weighted by atomic mass is 10.1. The third-order valence-electron chi connectivity index (χ3n) is 3.29. The maximum absolute atomic E-state index is 5.90. The molecule has 0 amide bonds. The molecule has 1 heterocycles. The highest BCUT2D eigenvalue weighted by Crippen LogP contribution is 2.39. The van der Waals surface area contributed by atoms with Gasteiger partial charge in [0.25, 0.3) is 0 Å². The molecule has 7 heteroatoms. The normalized spacial score (nSPS) is 9.79. The second kappa shape index (κ2) is 7.92. The summed E-state index contributed by atoms with van der Waals surface area (Å²) in [5.41, 5.74) is 13.1. The van der Waals surface area contributed by atoms with Crippen molar-refractivity contribution in [3.05, 3.63) is 29.5 Å². The van der Waals surface area contributed by atoms with E-state index in [4.69, 9.17) is 25.7 Å². The van der Waals surface area contributed by atoms with Crippen molar-refractivity contribution in [3.8, 4) is 29.1 Å². The summed E-state index contributed by atoms with van der Waals surface area (Å²) in [5, 5.41) is 0. The second-order valence-electron chi connectivity index (χ2n) is 4.86. The zero-order valence-corrected chi connectivity index (χ0v) is 13.9. The highest BCUT2D eigenvalue weighted by Gasteiger charge is 2.15. The molecular formula is C17H20N4O3. The Morgan fingerprint density at radius 3 is 2.50 bits per heavy atom. The number of hydrogen-bond acceptors (Lipinski definition) is 7.